The highest BCUT2D eigenvalue weighted by Gasteiger charge is 2.48. The Morgan fingerprint density at radius 1 is 1.06 bits per heavy atom. The summed E-state index contributed by atoms with van der Waals surface area (Å²) in [5.41, 5.74) is 2.00. The van der Waals surface area contributed by atoms with E-state index in [2.05, 4.69) is 9.97 Å². The summed E-state index contributed by atoms with van der Waals surface area (Å²) < 4.78 is 5.66. The number of ether oxygens (including phenoxy) is 1. The van der Waals surface area contributed by atoms with E-state index in [1.54, 1.807) is 42.5 Å². The van der Waals surface area contributed by atoms with Gasteiger partial charge < -0.3 is 19.9 Å². The second-order valence-corrected chi connectivity index (χ2v) is 8.22. The van der Waals surface area contributed by atoms with Crippen LogP contribution in [-0.4, -0.2) is 38.5 Å². The maximum Gasteiger partial charge on any atom is 0.302 e. The van der Waals surface area contributed by atoms with Gasteiger partial charge in [-0.1, -0.05) is 43.3 Å². The van der Waals surface area contributed by atoms with Gasteiger partial charge in [0.2, 0.25) is 5.95 Å². The summed E-state index contributed by atoms with van der Waals surface area (Å²) >= 11 is 0. The van der Waals surface area contributed by atoms with Gasteiger partial charge in [-0.3, -0.25) is 14.5 Å². The van der Waals surface area contributed by atoms with Crippen molar-refractivity contribution >= 4 is 34.4 Å². The quantitative estimate of drug-likeness (QED) is 0.214. The molecule has 35 heavy (non-hydrogen) atoms. The fourth-order valence-corrected chi connectivity index (χ4v) is 4.22. The number of aliphatic hydroxyl groups is 1. The average molecular weight is 469 g/mol. The van der Waals surface area contributed by atoms with Crippen LogP contribution in [0.2, 0.25) is 0 Å². The van der Waals surface area contributed by atoms with Crippen molar-refractivity contribution in [3.8, 4) is 11.5 Å². The fraction of sp³-hybridized carbons (Fsp3) is 0.148. The number of anilines is 1. The minimum absolute atomic E-state index is 0.0346. The first-order chi connectivity index (χ1) is 17.0. The third-order valence-corrected chi connectivity index (χ3v) is 5.82. The minimum Gasteiger partial charge on any atom is -0.508 e. The molecule has 0 spiro atoms. The molecule has 5 rings (SSSR count). The van der Waals surface area contributed by atoms with Gasteiger partial charge in [-0.2, -0.15) is 0 Å². The molecule has 0 aliphatic carbocycles. The second kappa shape index (κ2) is 8.98. The van der Waals surface area contributed by atoms with Gasteiger partial charge in [0, 0.05) is 5.56 Å². The maximum atomic E-state index is 13.3. The molecule has 1 aliphatic heterocycles. The number of aromatic hydroxyl groups is 1. The van der Waals surface area contributed by atoms with Crippen LogP contribution >= 0.6 is 0 Å². The number of imidazole rings is 1. The van der Waals surface area contributed by atoms with E-state index in [9.17, 15) is 19.8 Å². The van der Waals surface area contributed by atoms with Crippen molar-refractivity contribution in [2.75, 3.05) is 11.5 Å². The van der Waals surface area contributed by atoms with Gasteiger partial charge >= 0.3 is 5.91 Å². The average Bonchev–Trinajstić information content (AvgIpc) is 3.41. The lowest BCUT2D eigenvalue weighted by molar-refractivity contribution is -0.132. The second-order valence-electron chi connectivity index (χ2n) is 8.22. The first-order valence-corrected chi connectivity index (χ1v) is 11.3. The molecule has 1 saturated heterocycles. The number of hydrogen-bond donors (Lipinski definition) is 3. The third-order valence-electron chi connectivity index (χ3n) is 5.82. The summed E-state index contributed by atoms with van der Waals surface area (Å²) in [6.45, 7) is 2.49. The number of carbonyl (C=O) groups excluding carboxylic acids is 2. The van der Waals surface area contributed by atoms with E-state index in [0.717, 1.165) is 6.42 Å². The zero-order chi connectivity index (χ0) is 24.5. The molecule has 4 aromatic rings. The molecule has 1 fully saturated rings. The highest BCUT2D eigenvalue weighted by Crippen LogP contribution is 2.42. The standard InChI is InChI=1S/C27H23N3O5/c1-2-13-35-19-10-6-8-17(15-19)24(32)22-23(16-7-5-9-18(31)14-16)30(26(34)25(22)33)27-28-20-11-3-4-12-21(20)29-27/h3-12,14-15,23,31-32H,2,13H2,1H3,(H,28,29)/b24-22+. The fourth-order valence-electron chi connectivity index (χ4n) is 4.22. The van der Waals surface area contributed by atoms with E-state index < -0.39 is 17.7 Å². The van der Waals surface area contributed by atoms with Gasteiger partial charge in [0.05, 0.1) is 29.3 Å². The van der Waals surface area contributed by atoms with Gasteiger partial charge in [0.25, 0.3) is 5.78 Å². The minimum atomic E-state index is -1.01. The van der Waals surface area contributed by atoms with E-state index in [1.807, 2.05) is 25.1 Å². The van der Waals surface area contributed by atoms with Crippen molar-refractivity contribution in [1.29, 1.82) is 0 Å². The number of fused-ring (bicyclic) bond motifs is 1. The van der Waals surface area contributed by atoms with Gasteiger partial charge in [-0.15, -0.1) is 0 Å². The number of para-hydroxylation sites is 2. The van der Waals surface area contributed by atoms with Crippen LogP contribution in [-0.2, 0) is 9.59 Å². The lowest BCUT2D eigenvalue weighted by Crippen LogP contribution is -2.30. The van der Waals surface area contributed by atoms with Gasteiger partial charge in [0.15, 0.2) is 0 Å². The van der Waals surface area contributed by atoms with Crippen LogP contribution in [0.1, 0.15) is 30.5 Å². The molecule has 1 amide bonds. The molecule has 0 radical (unpaired) electrons. The van der Waals surface area contributed by atoms with Crippen LogP contribution in [0, 0.1) is 0 Å². The number of rotatable bonds is 6. The van der Waals surface area contributed by atoms with E-state index in [0.29, 0.717) is 34.5 Å². The van der Waals surface area contributed by atoms with Crippen molar-refractivity contribution in [2.45, 2.75) is 19.4 Å². The van der Waals surface area contributed by atoms with Crippen LogP contribution in [0.5, 0.6) is 11.5 Å². The van der Waals surface area contributed by atoms with Crippen LogP contribution < -0.4 is 9.64 Å². The van der Waals surface area contributed by atoms with Crippen LogP contribution in [0.25, 0.3) is 16.8 Å². The topological polar surface area (TPSA) is 116 Å². The van der Waals surface area contributed by atoms with Gasteiger partial charge in [-0.25, -0.2) is 4.98 Å². The first kappa shape index (κ1) is 22.2. The molecular weight excluding hydrogens is 446 g/mol. The number of amides is 1. The Bertz CT molecular complexity index is 1440. The molecule has 176 valence electrons. The summed E-state index contributed by atoms with van der Waals surface area (Å²) in [4.78, 5) is 35.4. The first-order valence-electron chi connectivity index (χ1n) is 11.3. The molecule has 3 N–H and O–H groups in total. The lowest BCUT2D eigenvalue weighted by Gasteiger charge is -2.23. The van der Waals surface area contributed by atoms with Crippen molar-refractivity contribution in [3.05, 3.63) is 89.5 Å². The Balaban J connectivity index is 1.69. The summed E-state index contributed by atoms with van der Waals surface area (Å²) in [6.07, 6.45) is 0.816. The van der Waals surface area contributed by atoms with Gasteiger partial charge in [-0.05, 0) is 48.4 Å². The number of aliphatic hydroxyl groups excluding tert-OH is 1. The number of aromatic amines is 1. The van der Waals surface area contributed by atoms with E-state index in [4.69, 9.17) is 4.74 Å². The third kappa shape index (κ3) is 3.99. The van der Waals surface area contributed by atoms with Gasteiger partial charge in [0.1, 0.15) is 17.3 Å². The van der Waals surface area contributed by atoms with Crippen LogP contribution in [0.15, 0.2) is 78.4 Å². The number of H-pyrrole nitrogens is 1. The van der Waals surface area contributed by atoms with E-state index >= 15 is 0 Å². The predicted octanol–water partition coefficient (Wildman–Crippen LogP) is 4.68. The molecule has 1 aromatic heterocycles. The SMILES string of the molecule is CCCOc1cccc(/C(O)=C2\C(=O)C(=O)N(c3nc4ccccc4[nH]3)C2c2cccc(O)c2)c1. The number of carbonyl (C=O) groups is 2. The Kier molecular flexibility index (Phi) is 5.70. The predicted molar refractivity (Wildman–Crippen MR) is 131 cm³/mol. The van der Waals surface area contributed by atoms with Crippen molar-refractivity contribution < 1.29 is 24.5 Å². The molecule has 3 aromatic carbocycles. The van der Waals surface area contributed by atoms with Crippen LogP contribution in [0.3, 0.4) is 0 Å². The van der Waals surface area contributed by atoms with Crippen molar-refractivity contribution in [1.82, 2.24) is 9.97 Å². The Hall–Kier alpha value is -4.59. The molecule has 8 heteroatoms. The number of aromatic nitrogens is 2. The molecule has 2 heterocycles. The summed E-state index contributed by atoms with van der Waals surface area (Å²) in [5.74, 6) is -1.35. The molecule has 0 bridgehead atoms. The largest absolute Gasteiger partial charge is 0.508 e. The molecule has 1 aliphatic rings. The highest BCUT2D eigenvalue weighted by atomic mass is 16.5. The maximum absolute atomic E-state index is 13.3. The summed E-state index contributed by atoms with van der Waals surface area (Å²) in [5, 5.41) is 21.4. The number of phenols is 1. The van der Waals surface area contributed by atoms with Crippen molar-refractivity contribution in [3.63, 3.8) is 0 Å². The number of ketones is 1. The zero-order valence-electron chi connectivity index (χ0n) is 18.9. The zero-order valence-corrected chi connectivity index (χ0v) is 18.9. The normalized spacial score (nSPS) is 17.3. The molecule has 1 atom stereocenters. The Morgan fingerprint density at radius 2 is 1.86 bits per heavy atom. The number of benzene rings is 3. The Morgan fingerprint density at radius 3 is 2.63 bits per heavy atom. The van der Waals surface area contributed by atoms with E-state index in [1.165, 1.54) is 17.0 Å². The number of nitrogens with one attached hydrogen (secondary N) is 1. The number of Topliss-reactive ketones (excluding diaryl/α,β-unsaturated/α-hetero) is 1. The molecule has 1 unspecified atom stereocenters. The number of nitrogens with zero attached hydrogens (tertiary/aromatic N) is 2. The monoisotopic (exact) mass is 469 g/mol. The van der Waals surface area contributed by atoms with Crippen molar-refractivity contribution in [2.24, 2.45) is 0 Å². The van der Waals surface area contributed by atoms with Crippen LogP contribution in [0.4, 0.5) is 5.95 Å². The number of hydrogen-bond acceptors (Lipinski definition) is 6. The summed E-state index contributed by atoms with van der Waals surface area (Å²) in [6, 6.07) is 19.2. The highest BCUT2D eigenvalue weighted by molar-refractivity contribution is 6.51. The molecule has 0 saturated carbocycles. The Labute approximate surface area is 201 Å². The summed E-state index contributed by atoms with van der Waals surface area (Å²) in [7, 11) is 0. The lowest BCUT2D eigenvalue weighted by atomic mass is 9.95. The molecule has 8 nitrogen and oxygen atoms in total. The smallest absolute Gasteiger partial charge is 0.302 e. The number of phenolic OH excluding ortho intramolecular Hbond substituents is 1. The van der Waals surface area contributed by atoms with E-state index in [-0.39, 0.29) is 23.0 Å². The molecular formula is C27H23N3O5.